The van der Waals surface area contributed by atoms with Gasteiger partial charge in [-0.2, -0.15) is 0 Å². The Morgan fingerprint density at radius 2 is 1.68 bits per heavy atom. The van der Waals surface area contributed by atoms with Crippen LogP contribution >= 0.6 is 0 Å². The van der Waals surface area contributed by atoms with E-state index in [1.165, 1.54) is 17.0 Å². The monoisotopic (exact) mass is 515 g/mol. The van der Waals surface area contributed by atoms with Crippen molar-refractivity contribution in [3.63, 3.8) is 0 Å². The number of piperidine rings is 1. The van der Waals surface area contributed by atoms with Crippen molar-refractivity contribution in [2.75, 3.05) is 32.8 Å². The van der Waals surface area contributed by atoms with Crippen LogP contribution in [0.5, 0.6) is 5.75 Å². The molecule has 0 unspecified atom stereocenters. The first-order chi connectivity index (χ1) is 17.5. The van der Waals surface area contributed by atoms with Gasteiger partial charge in [-0.25, -0.2) is 14.0 Å². The second-order valence-corrected chi connectivity index (χ2v) is 9.96. The van der Waals surface area contributed by atoms with Crippen molar-refractivity contribution in [3.8, 4) is 5.75 Å². The van der Waals surface area contributed by atoms with Gasteiger partial charge in [-0.15, -0.1) is 0 Å². The predicted octanol–water partition coefficient (Wildman–Crippen LogP) is 4.24. The topological polar surface area (TPSA) is 117 Å². The lowest BCUT2D eigenvalue weighted by Crippen LogP contribution is -2.44. The highest BCUT2D eigenvalue weighted by Crippen LogP contribution is 2.34. The fourth-order valence-corrected chi connectivity index (χ4v) is 4.19. The average Bonchev–Trinajstić information content (AvgIpc) is 2.85. The quantitative estimate of drug-likeness (QED) is 0.453. The molecule has 0 saturated carbocycles. The number of alkyl carbamates (subject to hydrolysis) is 1. The van der Waals surface area contributed by atoms with E-state index in [2.05, 4.69) is 10.6 Å². The molecule has 2 aromatic rings. The Morgan fingerprint density at radius 3 is 2.30 bits per heavy atom. The Hall–Kier alpha value is -3.82. The van der Waals surface area contributed by atoms with Gasteiger partial charge in [0.15, 0.2) is 0 Å². The van der Waals surface area contributed by atoms with Gasteiger partial charge in [0.2, 0.25) is 0 Å². The summed E-state index contributed by atoms with van der Waals surface area (Å²) in [7, 11) is 0. The first kappa shape index (κ1) is 27.8. The SMILES string of the molecule is CC(C)(C)OC(=O)NCCNC(=O)c1ccc(OC[C@@H]2CN(C(=O)O)CC[C@H]2c2ccc(F)cc2)cc1. The Bertz CT molecular complexity index is 1070. The molecule has 1 aliphatic rings. The molecule has 200 valence electrons. The summed E-state index contributed by atoms with van der Waals surface area (Å²) in [5.41, 5.74) is 0.794. The Balaban J connectivity index is 1.51. The molecule has 0 spiro atoms. The molecule has 0 aliphatic carbocycles. The van der Waals surface area contributed by atoms with E-state index in [9.17, 15) is 23.9 Å². The molecule has 37 heavy (non-hydrogen) atoms. The summed E-state index contributed by atoms with van der Waals surface area (Å²) < 4.78 is 24.5. The van der Waals surface area contributed by atoms with Gasteiger partial charge in [0.1, 0.15) is 17.2 Å². The smallest absolute Gasteiger partial charge is 0.407 e. The number of carboxylic acid groups (broad SMARTS) is 1. The van der Waals surface area contributed by atoms with E-state index in [0.29, 0.717) is 30.8 Å². The third kappa shape index (κ3) is 8.66. The van der Waals surface area contributed by atoms with Gasteiger partial charge < -0.3 is 30.1 Å². The molecule has 9 nitrogen and oxygen atoms in total. The number of amides is 3. The molecule has 1 fully saturated rings. The zero-order valence-corrected chi connectivity index (χ0v) is 21.3. The largest absolute Gasteiger partial charge is 0.493 e. The highest BCUT2D eigenvalue weighted by atomic mass is 19.1. The lowest BCUT2D eigenvalue weighted by atomic mass is 9.81. The summed E-state index contributed by atoms with van der Waals surface area (Å²) in [6.07, 6.45) is -0.901. The van der Waals surface area contributed by atoms with Crippen molar-refractivity contribution in [1.29, 1.82) is 0 Å². The first-order valence-electron chi connectivity index (χ1n) is 12.2. The summed E-state index contributed by atoms with van der Waals surface area (Å²) in [6.45, 7) is 6.77. The molecule has 1 saturated heterocycles. The number of carbonyl (C=O) groups is 3. The number of likely N-dealkylation sites (tertiary alicyclic amines) is 1. The molecule has 2 atom stereocenters. The lowest BCUT2D eigenvalue weighted by Gasteiger charge is -2.37. The van der Waals surface area contributed by atoms with Gasteiger partial charge in [-0.3, -0.25) is 4.79 Å². The van der Waals surface area contributed by atoms with Gasteiger partial charge in [-0.1, -0.05) is 12.1 Å². The zero-order chi connectivity index (χ0) is 27.0. The van der Waals surface area contributed by atoms with E-state index in [1.807, 2.05) is 0 Å². The van der Waals surface area contributed by atoms with E-state index in [1.54, 1.807) is 57.2 Å². The number of nitrogens with zero attached hydrogens (tertiary/aromatic N) is 1. The maximum Gasteiger partial charge on any atom is 0.407 e. The van der Waals surface area contributed by atoms with Gasteiger partial charge in [0.25, 0.3) is 5.91 Å². The van der Waals surface area contributed by atoms with E-state index >= 15 is 0 Å². The summed E-state index contributed by atoms with van der Waals surface area (Å²) in [6, 6.07) is 12.9. The van der Waals surface area contributed by atoms with Crippen LogP contribution in [0.3, 0.4) is 0 Å². The fraction of sp³-hybridized carbons (Fsp3) is 0.444. The van der Waals surface area contributed by atoms with E-state index < -0.39 is 17.8 Å². The minimum absolute atomic E-state index is 0.0375. The van der Waals surface area contributed by atoms with Crippen LogP contribution in [-0.2, 0) is 4.74 Å². The number of carbonyl (C=O) groups excluding carboxylic acids is 2. The lowest BCUT2D eigenvalue weighted by molar-refractivity contribution is 0.0526. The molecular weight excluding hydrogens is 481 g/mol. The van der Waals surface area contributed by atoms with Crippen molar-refractivity contribution in [3.05, 3.63) is 65.5 Å². The highest BCUT2D eigenvalue weighted by Gasteiger charge is 2.33. The number of halogens is 1. The molecule has 1 heterocycles. The highest BCUT2D eigenvalue weighted by molar-refractivity contribution is 5.94. The van der Waals surface area contributed by atoms with Gasteiger partial charge >= 0.3 is 12.2 Å². The average molecular weight is 516 g/mol. The molecule has 1 aliphatic heterocycles. The maximum absolute atomic E-state index is 13.4. The second kappa shape index (κ2) is 12.4. The van der Waals surface area contributed by atoms with Crippen molar-refractivity contribution in [2.24, 2.45) is 5.92 Å². The predicted molar refractivity (Wildman–Crippen MR) is 135 cm³/mol. The summed E-state index contributed by atoms with van der Waals surface area (Å²) in [4.78, 5) is 36.9. The van der Waals surface area contributed by atoms with Crippen molar-refractivity contribution >= 4 is 18.1 Å². The fourth-order valence-electron chi connectivity index (χ4n) is 4.19. The van der Waals surface area contributed by atoms with Crippen molar-refractivity contribution < 1.29 is 33.4 Å². The number of hydrogen-bond acceptors (Lipinski definition) is 5. The van der Waals surface area contributed by atoms with Crippen LogP contribution < -0.4 is 15.4 Å². The molecule has 0 bridgehead atoms. The van der Waals surface area contributed by atoms with Crippen LogP contribution in [0.2, 0.25) is 0 Å². The van der Waals surface area contributed by atoms with Crippen LogP contribution in [0, 0.1) is 11.7 Å². The standard InChI is InChI=1S/C27H34FN3O6/c1-27(2,3)37-25(33)30-14-13-29-24(32)19-6-10-22(11-7-19)36-17-20-16-31(26(34)35)15-12-23(20)18-4-8-21(28)9-5-18/h4-11,20,23H,12-17H2,1-3H3,(H,29,32)(H,30,33)(H,34,35)/t20-,23-/m0/s1. The number of hydrogen-bond donors (Lipinski definition) is 3. The molecule has 3 N–H and O–H groups in total. The van der Waals surface area contributed by atoms with Gasteiger partial charge in [-0.05, 0) is 75.1 Å². The molecule has 3 rings (SSSR count). The Morgan fingerprint density at radius 1 is 1.03 bits per heavy atom. The van der Waals surface area contributed by atoms with E-state index in [4.69, 9.17) is 9.47 Å². The zero-order valence-electron chi connectivity index (χ0n) is 21.3. The third-order valence-electron chi connectivity index (χ3n) is 5.96. The van der Waals surface area contributed by atoms with Gasteiger partial charge in [0.05, 0.1) is 6.61 Å². The number of ether oxygens (including phenoxy) is 2. The van der Waals surface area contributed by atoms with E-state index in [0.717, 1.165) is 5.56 Å². The normalized spacial score (nSPS) is 17.6. The van der Waals surface area contributed by atoms with E-state index in [-0.39, 0.29) is 43.3 Å². The summed E-state index contributed by atoms with van der Waals surface area (Å²) in [5.74, 6) is -0.138. The Kier molecular flexibility index (Phi) is 9.32. The maximum atomic E-state index is 13.4. The number of rotatable bonds is 8. The van der Waals surface area contributed by atoms with Crippen LogP contribution in [0.15, 0.2) is 48.5 Å². The molecule has 0 aromatic heterocycles. The molecule has 10 heteroatoms. The minimum Gasteiger partial charge on any atom is -0.493 e. The Labute approximate surface area is 215 Å². The molecule has 3 amide bonds. The molecular formula is C27H34FN3O6. The van der Waals surface area contributed by atoms with Crippen LogP contribution in [0.4, 0.5) is 14.0 Å². The number of benzene rings is 2. The van der Waals surface area contributed by atoms with Gasteiger partial charge in [0, 0.05) is 37.7 Å². The van der Waals surface area contributed by atoms with Crippen molar-refractivity contribution in [1.82, 2.24) is 15.5 Å². The molecule has 2 aromatic carbocycles. The second-order valence-electron chi connectivity index (χ2n) is 9.96. The summed E-state index contributed by atoms with van der Waals surface area (Å²) in [5, 5.41) is 14.7. The molecule has 0 radical (unpaired) electrons. The number of nitrogens with one attached hydrogen (secondary N) is 2. The summed E-state index contributed by atoms with van der Waals surface area (Å²) >= 11 is 0. The van der Waals surface area contributed by atoms with Crippen molar-refractivity contribution in [2.45, 2.75) is 38.7 Å². The van der Waals surface area contributed by atoms with Crippen LogP contribution in [0.25, 0.3) is 0 Å². The first-order valence-corrected chi connectivity index (χ1v) is 12.2. The van der Waals surface area contributed by atoms with Crippen LogP contribution in [-0.4, -0.2) is 66.5 Å². The van der Waals surface area contributed by atoms with Crippen LogP contribution in [0.1, 0.15) is 49.0 Å². The third-order valence-corrected chi connectivity index (χ3v) is 5.96. The minimum atomic E-state index is -0.973.